The van der Waals surface area contributed by atoms with Crippen LogP contribution >= 0.6 is 0 Å². The summed E-state index contributed by atoms with van der Waals surface area (Å²) < 4.78 is 11.0. The first-order valence-corrected chi connectivity index (χ1v) is 8.51. The SMILES string of the molecule is COC[C@H](O)CN[C@@H]1CCCOc2c(C)cc(C(C)(C)C)cc21. The van der Waals surface area contributed by atoms with Crippen molar-refractivity contribution < 1.29 is 14.6 Å². The van der Waals surface area contributed by atoms with Crippen molar-refractivity contribution in [2.75, 3.05) is 26.9 Å². The minimum Gasteiger partial charge on any atom is -0.493 e. The van der Waals surface area contributed by atoms with Gasteiger partial charge in [-0.1, -0.05) is 26.8 Å². The molecular formula is C19H31NO3. The van der Waals surface area contributed by atoms with E-state index in [4.69, 9.17) is 9.47 Å². The van der Waals surface area contributed by atoms with Gasteiger partial charge in [-0.15, -0.1) is 0 Å². The molecule has 1 aliphatic rings. The van der Waals surface area contributed by atoms with Crippen molar-refractivity contribution in [1.82, 2.24) is 5.32 Å². The highest BCUT2D eigenvalue weighted by atomic mass is 16.5. The summed E-state index contributed by atoms with van der Waals surface area (Å²) in [4.78, 5) is 0. The molecule has 0 unspecified atom stereocenters. The van der Waals surface area contributed by atoms with Crippen LogP contribution in [-0.2, 0) is 10.2 Å². The van der Waals surface area contributed by atoms with Crippen LogP contribution in [0.25, 0.3) is 0 Å². The fourth-order valence-corrected chi connectivity index (χ4v) is 3.05. The summed E-state index contributed by atoms with van der Waals surface area (Å²) in [5.74, 6) is 1.01. The monoisotopic (exact) mass is 321 g/mol. The van der Waals surface area contributed by atoms with E-state index < -0.39 is 6.10 Å². The Morgan fingerprint density at radius 3 is 2.78 bits per heavy atom. The average Bonchev–Trinajstić information content (AvgIpc) is 2.67. The third-order valence-corrected chi connectivity index (χ3v) is 4.39. The van der Waals surface area contributed by atoms with Crippen LogP contribution in [0.4, 0.5) is 0 Å². The number of rotatable bonds is 5. The second-order valence-electron chi connectivity index (χ2n) is 7.52. The fraction of sp³-hybridized carbons (Fsp3) is 0.684. The molecule has 0 amide bonds. The number of aliphatic hydroxyl groups is 1. The maximum Gasteiger partial charge on any atom is 0.126 e. The Bertz CT molecular complexity index is 522. The highest BCUT2D eigenvalue weighted by Gasteiger charge is 2.25. The minimum absolute atomic E-state index is 0.103. The third-order valence-electron chi connectivity index (χ3n) is 4.39. The van der Waals surface area contributed by atoms with Gasteiger partial charge in [0.2, 0.25) is 0 Å². The lowest BCUT2D eigenvalue weighted by Crippen LogP contribution is -2.33. The molecule has 0 spiro atoms. The van der Waals surface area contributed by atoms with Crippen LogP contribution in [0.15, 0.2) is 12.1 Å². The molecule has 2 rings (SSSR count). The van der Waals surface area contributed by atoms with Crippen molar-refractivity contribution in [3.63, 3.8) is 0 Å². The molecule has 0 fully saturated rings. The van der Waals surface area contributed by atoms with Crippen molar-refractivity contribution >= 4 is 0 Å². The average molecular weight is 321 g/mol. The molecular weight excluding hydrogens is 290 g/mol. The zero-order chi connectivity index (χ0) is 17.0. The number of methoxy groups -OCH3 is 1. The Hall–Kier alpha value is -1.10. The molecule has 23 heavy (non-hydrogen) atoms. The molecule has 0 aromatic heterocycles. The van der Waals surface area contributed by atoms with Crippen LogP contribution in [0.2, 0.25) is 0 Å². The summed E-state index contributed by atoms with van der Waals surface area (Å²) in [5.41, 5.74) is 3.84. The number of hydrogen-bond donors (Lipinski definition) is 2. The number of ether oxygens (including phenoxy) is 2. The largest absolute Gasteiger partial charge is 0.493 e. The Morgan fingerprint density at radius 1 is 1.39 bits per heavy atom. The summed E-state index contributed by atoms with van der Waals surface area (Å²) >= 11 is 0. The molecule has 2 atom stereocenters. The highest BCUT2D eigenvalue weighted by molar-refractivity contribution is 5.48. The van der Waals surface area contributed by atoms with Gasteiger partial charge in [0.05, 0.1) is 19.3 Å². The first kappa shape index (κ1) is 18.2. The molecule has 130 valence electrons. The predicted octanol–water partition coefficient (Wildman–Crippen LogP) is 3.10. The Labute approximate surface area is 140 Å². The second kappa shape index (κ2) is 7.65. The van der Waals surface area contributed by atoms with Gasteiger partial charge in [0.25, 0.3) is 0 Å². The first-order valence-electron chi connectivity index (χ1n) is 8.51. The third kappa shape index (κ3) is 4.69. The lowest BCUT2D eigenvalue weighted by atomic mass is 9.83. The van der Waals surface area contributed by atoms with Crippen molar-refractivity contribution in [3.8, 4) is 5.75 Å². The lowest BCUT2D eigenvalue weighted by molar-refractivity contribution is 0.0625. The second-order valence-corrected chi connectivity index (χ2v) is 7.52. The van der Waals surface area contributed by atoms with Crippen LogP contribution in [0.3, 0.4) is 0 Å². The van der Waals surface area contributed by atoms with Gasteiger partial charge < -0.3 is 19.9 Å². The number of benzene rings is 1. The van der Waals surface area contributed by atoms with Gasteiger partial charge in [0, 0.05) is 25.3 Å². The standard InChI is InChI=1S/C19H31NO3/c1-13-9-14(19(2,3)4)10-16-17(7-6-8-23-18(13)16)20-11-15(21)12-22-5/h9-10,15,17,20-21H,6-8,11-12H2,1-5H3/t15-,17-/m1/s1. The Balaban J connectivity index is 2.28. The smallest absolute Gasteiger partial charge is 0.126 e. The summed E-state index contributed by atoms with van der Waals surface area (Å²) in [6.07, 6.45) is 1.54. The van der Waals surface area contributed by atoms with Crippen molar-refractivity contribution in [3.05, 3.63) is 28.8 Å². The zero-order valence-corrected chi connectivity index (χ0v) is 15.1. The molecule has 0 bridgehead atoms. The number of aliphatic hydroxyl groups excluding tert-OH is 1. The number of aryl methyl sites for hydroxylation is 1. The van der Waals surface area contributed by atoms with E-state index in [0.717, 1.165) is 25.2 Å². The normalized spacial score (nSPS) is 19.7. The Kier molecular flexibility index (Phi) is 6.06. The van der Waals surface area contributed by atoms with E-state index in [-0.39, 0.29) is 11.5 Å². The van der Waals surface area contributed by atoms with Crippen LogP contribution in [0.1, 0.15) is 56.3 Å². The molecule has 0 aliphatic carbocycles. The number of nitrogens with one attached hydrogen (secondary N) is 1. The van der Waals surface area contributed by atoms with Gasteiger partial charge in [-0.3, -0.25) is 0 Å². The van der Waals surface area contributed by atoms with Gasteiger partial charge in [0.15, 0.2) is 0 Å². The van der Waals surface area contributed by atoms with Gasteiger partial charge in [-0.25, -0.2) is 0 Å². The molecule has 1 heterocycles. The van der Waals surface area contributed by atoms with E-state index in [0.29, 0.717) is 13.2 Å². The van der Waals surface area contributed by atoms with Crippen molar-refractivity contribution in [2.24, 2.45) is 0 Å². The quantitative estimate of drug-likeness (QED) is 0.875. The maximum absolute atomic E-state index is 9.92. The van der Waals surface area contributed by atoms with E-state index in [1.165, 1.54) is 16.7 Å². The molecule has 1 aromatic rings. The van der Waals surface area contributed by atoms with E-state index in [2.05, 4.69) is 45.1 Å². The van der Waals surface area contributed by atoms with Gasteiger partial charge in [0.1, 0.15) is 5.75 Å². The molecule has 0 radical (unpaired) electrons. The topological polar surface area (TPSA) is 50.7 Å². The van der Waals surface area contributed by atoms with Crippen LogP contribution in [-0.4, -0.2) is 38.1 Å². The summed E-state index contributed by atoms with van der Waals surface area (Å²) in [5, 5.41) is 13.4. The molecule has 0 saturated heterocycles. The number of hydrogen-bond acceptors (Lipinski definition) is 4. The van der Waals surface area contributed by atoms with Crippen molar-refractivity contribution in [1.29, 1.82) is 0 Å². The summed E-state index contributed by atoms with van der Waals surface area (Å²) in [6.45, 7) is 10.4. The maximum atomic E-state index is 9.92. The van der Waals surface area contributed by atoms with Crippen LogP contribution in [0.5, 0.6) is 5.75 Å². The van der Waals surface area contributed by atoms with Crippen LogP contribution < -0.4 is 10.1 Å². The van der Waals surface area contributed by atoms with E-state index in [1.807, 2.05) is 0 Å². The number of fused-ring (bicyclic) bond motifs is 1. The first-order chi connectivity index (χ1) is 10.8. The molecule has 2 N–H and O–H groups in total. The fourth-order valence-electron chi connectivity index (χ4n) is 3.05. The molecule has 0 saturated carbocycles. The lowest BCUT2D eigenvalue weighted by Gasteiger charge is -2.26. The van der Waals surface area contributed by atoms with E-state index in [1.54, 1.807) is 7.11 Å². The van der Waals surface area contributed by atoms with Gasteiger partial charge in [-0.2, -0.15) is 0 Å². The zero-order valence-electron chi connectivity index (χ0n) is 15.1. The van der Waals surface area contributed by atoms with E-state index >= 15 is 0 Å². The molecule has 1 aliphatic heterocycles. The molecule has 1 aromatic carbocycles. The van der Waals surface area contributed by atoms with Crippen LogP contribution in [0, 0.1) is 6.92 Å². The Morgan fingerprint density at radius 2 is 2.13 bits per heavy atom. The van der Waals surface area contributed by atoms with Gasteiger partial charge in [-0.05, 0) is 42.4 Å². The highest BCUT2D eigenvalue weighted by Crippen LogP contribution is 2.38. The summed E-state index contributed by atoms with van der Waals surface area (Å²) in [7, 11) is 1.61. The van der Waals surface area contributed by atoms with Gasteiger partial charge >= 0.3 is 0 Å². The van der Waals surface area contributed by atoms with Crippen molar-refractivity contribution in [2.45, 2.75) is 58.1 Å². The molecule has 4 nitrogen and oxygen atoms in total. The molecule has 4 heteroatoms. The summed E-state index contributed by atoms with van der Waals surface area (Å²) in [6, 6.07) is 4.72. The van der Waals surface area contributed by atoms with E-state index in [9.17, 15) is 5.11 Å². The predicted molar refractivity (Wildman–Crippen MR) is 93.2 cm³/mol. The minimum atomic E-state index is -0.487.